The van der Waals surface area contributed by atoms with E-state index >= 15 is 0 Å². The summed E-state index contributed by atoms with van der Waals surface area (Å²) in [5, 5.41) is 9.40. The molecule has 1 N–H and O–H groups in total. The maximum absolute atomic E-state index is 13.3. The molecule has 0 radical (unpaired) electrons. The summed E-state index contributed by atoms with van der Waals surface area (Å²) >= 11 is 0. The Morgan fingerprint density at radius 2 is 2.24 bits per heavy atom. The normalized spacial score (nSPS) is 22.8. The number of carboxylic acids is 1. The molecular weight excluding hydrogens is 223 g/mol. The summed E-state index contributed by atoms with van der Waals surface area (Å²) < 4.78 is 18.8. The number of hydrogen-bond acceptors (Lipinski definition) is 2. The molecule has 17 heavy (non-hydrogen) atoms. The summed E-state index contributed by atoms with van der Waals surface area (Å²) in [6, 6.07) is 4.27. The zero-order valence-corrected chi connectivity index (χ0v) is 9.87. The van der Waals surface area contributed by atoms with Gasteiger partial charge in [-0.2, -0.15) is 0 Å². The van der Waals surface area contributed by atoms with E-state index in [0.717, 1.165) is 5.56 Å². The number of ether oxygens (including phenoxy) is 1. The first-order valence-corrected chi connectivity index (χ1v) is 5.66. The highest BCUT2D eigenvalue weighted by Crippen LogP contribution is 2.41. The smallest absolute Gasteiger partial charge is 0.340 e. The molecule has 0 spiro atoms. The molecule has 4 heteroatoms. The quantitative estimate of drug-likeness (QED) is 0.880. The number of aryl methyl sites for hydroxylation is 1. The van der Waals surface area contributed by atoms with Gasteiger partial charge in [-0.15, -0.1) is 0 Å². The number of fused-ring (bicyclic) bond motifs is 1. The van der Waals surface area contributed by atoms with Crippen LogP contribution in [0, 0.1) is 5.82 Å². The third-order valence-corrected chi connectivity index (χ3v) is 3.04. The fourth-order valence-corrected chi connectivity index (χ4v) is 2.39. The van der Waals surface area contributed by atoms with Crippen molar-refractivity contribution in [2.45, 2.75) is 38.4 Å². The van der Waals surface area contributed by atoms with Crippen molar-refractivity contribution in [2.24, 2.45) is 0 Å². The van der Waals surface area contributed by atoms with Gasteiger partial charge >= 0.3 is 5.97 Å². The van der Waals surface area contributed by atoms with Crippen molar-refractivity contribution in [3.8, 4) is 0 Å². The molecule has 2 rings (SSSR count). The van der Waals surface area contributed by atoms with E-state index in [1.807, 2.05) is 0 Å². The van der Waals surface area contributed by atoms with Gasteiger partial charge in [0.15, 0.2) is 5.60 Å². The van der Waals surface area contributed by atoms with Crippen molar-refractivity contribution in [3.63, 3.8) is 0 Å². The standard InChI is InChI=1S/C13H15FO3/c1-8(2)17-13(12(15)16)6-5-9-3-4-10(14)7-11(9)13/h3-4,7-8H,5-6H2,1-2H3,(H,15,16). The van der Waals surface area contributed by atoms with Crippen LogP contribution in [-0.2, 0) is 21.6 Å². The predicted molar refractivity (Wildman–Crippen MR) is 60.3 cm³/mol. The van der Waals surface area contributed by atoms with E-state index < -0.39 is 17.4 Å². The number of halogens is 1. The fraction of sp³-hybridized carbons (Fsp3) is 0.462. The van der Waals surface area contributed by atoms with Crippen LogP contribution in [-0.4, -0.2) is 17.2 Å². The molecule has 1 unspecified atom stereocenters. The van der Waals surface area contributed by atoms with Gasteiger partial charge in [0.2, 0.25) is 0 Å². The molecule has 0 aromatic heterocycles. The molecule has 1 atom stereocenters. The molecule has 0 aliphatic heterocycles. The highest BCUT2D eigenvalue weighted by atomic mass is 19.1. The van der Waals surface area contributed by atoms with Crippen molar-refractivity contribution < 1.29 is 19.0 Å². The van der Waals surface area contributed by atoms with E-state index in [-0.39, 0.29) is 6.10 Å². The molecule has 1 aliphatic rings. The van der Waals surface area contributed by atoms with Gasteiger partial charge in [0, 0.05) is 5.56 Å². The Balaban J connectivity index is 2.52. The molecule has 1 aliphatic carbocycles. The van der Waals surface area contributed by atoms with Gasteiger partial charge < -0.3 is 9.84 Å². The number of carbonyl (C=O) groups is 1. The monoisotopic (exact) mass is 238 g/mol. The third-order valence-electron chi connectivity index (χ3n) is 3.04. The van der Waals surface area contributed by atoms with Gasteiger partial charge in [-0.25, -0.2) is 9.18 Å². The van der Waals surface area contributed by atoms with E-state index in [1.54, 1.807) is 19.9 Å². The first-order valence-electron chi connectivity index (χ1n) is 5.66. The van der Waals surface area contributed by atoms with Crippen molar-refractivity contribution in [1.82, 2.24) is 0 Å². The number of aliphatic carboxylic acids is 1. The summed E-state index contributed by atoms with van der Waals surface area (Å²) in [6.07, 6.45) is 0.744. The van der Waals surface area contributed by atoms with Crippen LogP contribution in [0.3, 0.4) is 0 Å². The predicted octanol–water partition coefficient (Wildman–Crippen LogP) is 2.48. The zero-order chi connectivity index (χ0) is 12.6. The van der Waals surface area contributed by atoms with E-state index in [0.29, 0.717) is 18.4 Å². The van der Waals surface area contributed by atoms with Crippen LogP contribution in [0.1, 0.15) is 31.4 Å². The van der Waals surface area contributed by atoms with Gasteiger partial charge in [0.05, 0.1) is 6.10 Å². The Kier molecular flexibility index (Phi) is 2.91. The van der Waals surface area contributed by atoms with Crippen LogP contribution >= 0.6 is 0 Å². The molecule has 0 heterocycles. The van der Waals surface area contributed by atoms with Crippen LogP contribution in [0.4, 0.5) is 4.39 Å². The van der Waals surface area contributed by atoms with E-state index in [2.05, 4.69) is 0 Å². The lowest BCUT2D eigenvalue weighted by Crippen LogP contribution is -2.38. The summed E-state index contributed by atoms with van der Waals surface area (Å²) in [5.74, 6) is -1.47. The molecule has 0 bridgehead atoms. The lowest BCUT2D eigenvalue weighted by atomic mass is 9.95. The second-order valence-electron chi connectivity index (χ2n) is 4.60. The van der Waals surface area contributed by atoms with E-state index in [1.165, 1.54) is 12.1 Å². The molecular formula is C13H15FO3. The summed E-state index contributed by atoms with van der Waals surface area (Å²) in [4.78, 5) is 11.5. The molecule has 0 saturated carbocycles. The molecule has 1 aromatic carbocycles. The summed E-state index contributed by atoms with van der Waals surface area (Å²) in [7, 11) is 0. The van der Waals surface area contributed by atoms with Gasteiger partial charge in [0.1, 0.15) is 5.82 Å². The van der Waals surface area contributed by atoms with Crippen LogP contribution < -0.4 is 0 Å². The maximum Gasteiger partial charge on any atom is 0.340 e. The second kappa shape index (κ2) is 4.11. The number of benzene rings is 1. The molecule has 92 valence electrons. The number of carboxylic acid groups (broad SMARTS) is 1. The third kappa shape index (κ3) is 1.93. The van der Waals surface area contributed by atoms with Gasteiger partial charge in [-0.3, -0.25) is 0 Å². The number of rotatable bonds is 3. The molecule has 0 amide bonds. The molecule has 3 nitrogen and oxygen atoms in total. The van der Waals surface area contributed by atoms with Gasteiger partial charge in [-0.1, -0.05) is 6.07 Å². The van der Waals surface area contributed by atoms with E-state index in [4.69, 9.17) is 4.74 Å². The average Bonchev–Trinajstić information content (AvgIpc) is 2.57. The first-order chi connectivity index (χ1) is 7.95. The Bertz CT molecular complexity index is 456. The maximum atomic E-state index is 13.3. The highest BCUT2D eigenvalue weighted by molar-refractivity contribution is 5.81. The van der Waals surface area contributed by atoms with Gasteiger partial charge in [-0.05, 0) is 44.4 Å². The first kappa shape index (κ1) is 12.0. The van der Waals surface area contributed by atoms with Crippen LogP contribution in [0.25, 0.3) is 0 Å². The molecule has 0 fully saturated rings. The Labute approximate surface area is 99.2 Å². The van der Waals surface area contributed by atoms with Crippen molar-refractivity contribution >= 4 is 5.97 Å². The minimum Gasteiger partial charge on any atom is -0.479 e. The minimum absolute atomic E-state index is 0.222. The number of hydrogen-bond donors (Lipinski definition) is 1. The average molecular weight is 238 g/mol. The SMILES string of the molecule is CC(C)OC1(C(=O)O)CCc2ccc(F)cc21. The zero-order valence-electron chi connectivity index (χ0n) is 9.87. The Morgan fingerprint density at radius 3 is 2.82 bits per heavy atom. The van der Waals surface area contributed by atoms with Crippen molar-refractivity contribution in [1.29, 1.82) is 0 Å². The molecule has 0 saturated heterocycles. The summed E-state index contributed by atoms with van der Waals surface area (Å²) in [6.45, 7) is 3.56. The van der Waals surface area contributed by atoms with Crippen molar-refractivity contribution in [2.75, 3.05) is 0 Å². The largest absolute Gasteiger partial charge is 0.479 e. The summed E-state index contributed by atoms with van der Waals surface area (Å²) in [5.41, 5.74) is -0.0702. The Morgan fingerprint density at radius 1 is 1.53 bits per heavy atom. The minimum atomic E-state index is -1.38. The lowest BCUT2D eigenvalue weighted by molar-refractivity contribution is -0.173. The fourth-order valence-electron chi connectivity index (χ4n) is 2.39. The lowest BCUT2D eigenvalue weighted by Gasteiger charge is -2.28. The van der Waals surface area contributed by atoms with Crippen LogP contribution in [0.5, 0.6) is 0 Å². The topological polar surface area (TPSA) is 46.5 Å². The van der Waals surface area contributed by atoms with Gasteiger partial charge in [0.25, 0.3) is 0 Å². The van der Waals surface area contributed by atoms with Crippen LogP contribution in [0.15, 0.2) is 18.2 Å². The molecule has 1 aromatic rings. The van der Waals surface area contributed by atoms with Crippen molar-refractivity contribution in [3.05, 3.63) is 35.1 Å². The second-order valence-corrected chi connectivity index (χ2v) is 4.60. The van der Waals surface area contributed by atoms with E-state index in [9.17, 15) is 14.3 Å². The van der Waals surface area contributed by atoms with Crippen LogP contribution in [0.2, 0.25) is 0 Å². The Hall–Kier alpha value is -1.42. The highest BCUT2D eigenvalue weighted by Gasteiger charge is 2.47.